The first-order chi connectivity index (χ1) is 17.8. The van der Waals surface area contributed by atoms with Gasteiger partial charge in [0.25, 0.3) is 0 Å². The van der Waals surface area contributed by atoms with Crippen molar-refractivity contribution in [3.8, 4) is 23.0 Å². The molecule has 0 aliphatic heterocycles. The van der Waals surface area contributed by atoms with Gasteiger partial charge >= 0.3 is 0 Å². The molecule has 0 bridgehead atoms. The van der Waals surface area contributed by atoms with E-state index >= 15 is 0 Å². The van der Waals surface area contributed by atoms with E-state index in [4.69, 9.17) is 9.47 Å². The Morgan fingerprint density at radius 3 is 1.28 bits per heavy atom. The fourth-order valence-electron chi connectivity index (χ4n) is 4.62. The summed E-state index contributed by atoms with van der Waals surface area (Å²) >= 11 is 0. The van der Waals surface area contributed by atoms with Gasteiger partial charge in [0.05, 0.1) is 0 Å². The highest BCUT2D eigenvalue weighted by atomic mass is 16.5. The highest BCUT2D eigenvalue weighted by Gasteiger charge is 2.15. The number of ether oxygens (including phenoxy) is 2. The molecule has 4 aromatic rings. The van der Waals surface area contributed by atoms with Gasteiger partial charge in [0.2, 0.25) is 0 Å². The van der Waals surface area contributed by atoms with Crippen molar-refractivity contribution < 1.29 is 9.47 Å². The normalized spacial score (nSPS) is 10.9. The summed E-state index contributed by atoms with van der Waals surface area (Å²) in [6, 6.07) is 37.1. The molecule has 0 radical (unpaired) electrons. The molecule has 0 N–H and O–H groups in total. The van der Waals surface area contributed by atoms with Gasteiger partial charge in [0.1, 0.15) is 23.0 Å². The molecule has 0 fully saturated rings. The molecule has 4 aromatic carbocycles. The molecule has 0 aliphatic carbocycles. The van der Waals surface area contributed by atoms with E-state index in [9.17, 15) is 0 Å². The molecule has 4 rings (SSSR count). The molecule has 0 atom stereocenters. The minimum absolute atomic E-state index is 0.359. The second-order valence-corrected chi connectivity index (χ2v) is 9.43. The van der Waals surface area contributed by atoms with E-state index in [1.165, 1.54) is 56.1 Å². The summed E-state index contributed by atoms with van der Waals surface area (Å²) in [5, 5.41) is 0. The number of hydrogen-bond acceptors (Lipinski definition) is 2. The van der Waals surface area contributed by atoms with E-state index in [0.29, 0.717) is 5.92 Å². The summed E-state index contributed by atoms with van der Waals surface area (Å²) in [7, 11) is 0. The molecule has 0 aromatic heterocycles. The highest BCUT2D eigenvalue weighted by molar-refractivity contribution is 5.40. The zero-order chi connectivity index (χ0) is 24.8. The van der Waals surface area contributed by atoms with E-state index in [1.54, 1.807) is 0 Å². The first kappa shape index (κ1) is 25.6. The number of benzene rings is 4. The largest absolute Gasteiger partial charge is 0.457 e. The molecule has 36 heavy (non-hydrogen) atoms. The van der Waals surface area contributed by atoms with Crippen molar-refractivity contribution in [2.75, 3.05) is 0 Å². The van der Waals surface area contributed by atoms with Crippen LogP contribution in [0.25, 0.3) is 0 Å². The number of rotatable bonds is 14. The third-order valence-corrected chi connectivity index (χ3v) is 6.62. The van der Waals surface area contributed by atoms with Gasteiger partial charge < -0.3 is 9.47 Å². The third-order valence-electron chi connectivity index (χ3n) is 6.62. The topological polar surface area (TPSA) is 18.5 Å². The Morgan fingerprint density at radius 2 is 0.833 bits per heavy atom. The molecule has 2 nitrogen and oxygen atoms in total. The van der Waals surface area contributed by atoms with E-state index in [1.807, 2.05) is 60.7 Å². The van der Waals surface area contributed by atoms with Crippen LogP contribution in [0.3, 0.4) is 0 Å². The van der Waals surface area contributed by atoms with E-state index in [2.05, 4.69) is 55.5 Å². The van der Waals surface area contributed by atoms with Crippen LogP contribution in [0.1, 0.15) is 75.3 Å². The van der Waals surface area contributed by atoms with Crippen LogP contribution < -0.4 is 9.47 Å². The van der Waals surface area contributed by atoms with Crippen LogP contribution in [-0.2, 0) is 0 Å². The van der Waals surface area contributed by atoms with Gasteiger partial charge in [-0.3, -0.25) is 0 Å². The lowest BCUT2D eigenvalue weighted by atomic mass is 9.86. The zero-order valence-corrected chi connectivity index (χ0v) is 21.4. The Balaban J connectivity index is 1.44. The monoisotopic (exact) mass is 478 g/mol. The van der Waals surface area contributed by atoms with Gasteiger partial charge in [-0.25, -0.2) is 0 Å². The fourth-order valence-corrected chi connectivity index (χ4v) is 4.62. The minimum Gasteiger partial charge on any atom is -0.457 e. The molecule has 0 saturated carbocycles. The van der Waals surface area contributed by atoms with Gasteiger partial charge in [0.15, 0.2) is 0 Å². The molecule has 0 aliphatic rings. The number of unbranched alkanes of at least 4 members (excludes halogenated alkanes) is 6. The maximum absolute atomic E-state index is 6.02. The van der Waals surface area contributed by atoms with Crippen molar-refractivity contribution in [2.45, 2.75) is 64.2 Å². The predicted octanol–water partition coefficient (Wildman–Crippen LogP) is 10.5. The Hall–Kier alpha value is -3.52. The van der Waals surface area contributed by atoms with Crippen LogP contribution in [0, 0.1) is 0 Å². The van der Waals surface area contributed by atoms with Crippen molar-refractivity contribution in [1.82, 2.24) is 0 Å². The lowest BCUT2D eigenvalue weighted by molar-refractivity contribution is 0.482. The molecular weight excluding hydrogens is 440 g/mol. The van der Waals surface area contributed by atoms with Crippen LogP contribution in [0.15, 0.2) is 109 Å². The maximum Gasteiger partial charge on any atom is 0.127 e. The minimum atomic E-state index is 0.359. The summed E-state index contributed by atoms with van der Waals surface area (Å²) < 4.78 is 12.0. The Bertz CT molecular complexity index is 1030. The first-order valence-electron chi connectivity index (χ1n) is 13.5. The van der Waals surface area contributed by atoms with Crippen molar-refractivity contribution in [3.63, 3.8) is 0 Å². The van der Waals surface area contributed by atoms with E-state index < -0.39 is 0 Å². The van der Waals surface area contributed by atoms with Crippen molar-refractivity contribution in [3.05, 3.63) is 120 Å². The summed E-state index contributed by atoms with van der Waals surface area (Å²) in [5.74, 6) is 3.81. The second-order valence-electron chi connectivity index (χ2n) is 9.43. The van der Waals surface area contributed by atoms with Crippen LogP contribution in [-0.4, -0.2) is 0 Å². The Kier molecular flexibility index (Phi) is 10.0. The maximum atomic E-state index is 6.02. The van der Waals surface area contributed by atoms with E-state index in [-0.39, 0.29) is 0 Å². The number of hydrogen-bond donors (Lipinski definition) is 0. The zero-order valence-electron chi connectivity index (χ0n) is 21.4. The van der Waals surface area contributed by atoms with Crippen LogP contribution in [0.5, 0.6) is 23.0 Å². The van der Waals surface area contributed by atoms with Crippen LogP contribution in [0.2, 0.25) is 0 Å². The van der Waals surface area contributed by atoms with Crippen LogP contribution >= 0.6 is 0 Å². The lowest BCUT2D eigenvalue weighted by Crippen LogP contribution is -2.02. The molecule has 0 amide bonds. The molecule has 0 unspecified atom stereocenters. The smallest absolute Gasteiger partial charge is 0.127 e. The molecule has 186 valence electrons. The highest BCUT2D eigenvalue weighted by Crippen LogP contribution is 2.34. The number of para-hydroxylation sites is 2. The first-order valence-corrected chi connectivity index (χ1v) is 13.5. The Labute approximate surface area is 216 Å². The standard InChI is InChI=1S/C34H38O2/c1-2-3-4-5-6-7-14-19-34(28-20-24-32(25-21-28)35-30-15-10-8-11-16-30)29-22-26-33(27-23-29)36-31-17-12-9-13-18-31/h8-13,15-18,20-27,34H,2-7,14,19H2,1H3. The molecule has 0 heterocycles. The summed E-state index contributed by atoms with van der Waals surface area (Å²) in [4.78, 5) is 0. The lowest BCUT2D eigenvalue weighted by Gasteiger charge is -2.19. The van der Waals surface area contributed by atoms with Crippen molar-refractivity contribution in [2.24, 2.45) is 0 Å². The quantitative estimate of drug-likeness (QED) is 0.168. The van der Waals surface area contributed by atoms with Crippen LogP contribution in [0.4, 0.5) is 0 Å². The fraction of sp³-hybridized carbons (Fsp3) is 0.294. The SMILES string of the molecule is CCCCCCCCCC(c1ccc(Oc2ccccc2)cc1)c1ccc(Oc2ccccc2)cc1. The van der Waals surface area contributed by atoms with Gasteiger partial charge in [-0.05, 0) is 66.1 Å². The predicted molar refractivity (Wildman–Crippen MR) is 150 cm³/mol. The molecule has 2 heteroatoms. The van der Waals surface area contributed by atoms with E-state index in [0.717, 1.165) is 29.4 Å². The van der Waals surface area contributed by atoms with Gasteiger partial charge in [-0.1, -0.05) is 113 Å². The average Bonchev–Trinajstić information content (AvgIpc) is 2.93. The molecular formula is C34H38O2. The van der Waals surface area contributed by atoms with Gasteiger partial charge in [0, 0.05) is 5.92 Å². The second kappa shape index (κ2) is 14.1. The summed E-state index contributed by atoms with van der Waals surface area (Å²) in [5.41, 5.74) is 2.66. The molecule has 0 saturated heterocycles. The molecule has 0 spiro atoms. The van der Waals surface area contributed by atoms with Gasteiger partial charge in [-0.15, -0.1) is 0 Å². The third kappa shape index (κ3) is 8.02. The average molecular weight is 479 g/mol. The Morgan fingerprint density at radius 1 is 0.444 bits per heavy atom. The van der Waals surface area contributed by atoms with Gasteiger partial charge in [-0.2, -0.15) is 0 Å². The van der Waals surface area contributed by atoms with Crippen molar-refractivity contribution in [1.29, 1.82) is 0 Å². The summed E-state index contributed by atoms with van der Waals surface area (Å²) in [6.07, 6.45) is 10.4. The van der Waals surface area contributed by atoms with Crippen molar-refractivity contribution >= 4 is 0 Å². The summed E-state index contributed by atoms with van der Waals surface area (Å²) in [6.45, 7) is 2.27.